The second-order valence-electron chi connectivity index (χ2n) is 2.01. The molecule has 1 nitrogen and oxygen atoms in total. The minimum absolute atomic E-state index is 0. The zero-order chi connectivity index (χ0) is 5.91. The topological polar surface area (TPSA) is 9.23 Å². The van der Waals surface area contributed by atoms with Crippen LogP contribution in [0.3, 0.4) is 0 Å². The van der Waals surface area contributed by atoms with Crippen molar-refractivity contribution in [2.24, 2.45) is 0 Å². The molecule has 0 aromatic carbocycles. The first-order valence-electron chi connectivity index (χ1n) is 2.31. The largest absolute Gasteiger partial charge is 0.461 e. The fraction of sp³-hybridized carbons (Fsp3) is 0.714. The molecule has 0 saturated heterocycles. The van der Waals surface area contributed by atoms with Crippen molar-refractivity contribution >= 4 is 18.8 Å². The van der Waals surface area contributed by atoms with Crippen LogP contribution in [-0.4, -0.2) is 18.8 Å². The van der Waals surface area contributed by atoms with Gasteiger partial charge in [0.05, 0.1) is 0 Å². The van der Waals surface area contributed by atoms with Gasteiger partial charge in [0.25, 0.3) is 0 Å². The van der Waals surface area contributed by atoms with Gasteiger partial charge in [-0.05, 0) is 13.1 Å². The van der Waals surface area contributed by atoms with Gasteiger partial charge in [-0.25, -0.2) is 0 Å². The zero-order valence-corrected chi connectivity index (χ0v) is 8.19. The molecule has 0 aromatic rings. The molecule has 10 heavy (non-hydrogen) atoms. The number of hydrogen-bond acceptors (Lipinski definition) is 1. The molecule has 3 heteroatoms. The molecule has 0 unspecified atom stereocenters. The lowest BCUT2D eigenvalue weighted by Gasteiger charge is -2.13. The fourth-order valence-corrected chi connectivity index (χ4v) is 0.750. The predicted octanol–water partition coefficient (Wildman–Crippen LogP) is 2.12. The summed E-state index contributed by atoms with van der Waals surface area (Å²) < 4.78 is 5.25. The van der Waals surface area contributed by atoms with Crippen molar-refractivity contribution in [1.29, 1.82) is 0 Å². The normalized spacial score (nSPS) is 8.20. The minimum atomic E-state index is -1.33. The van der Waals surface area contributed by atoms with Crippen LogP contribution in [0.25, 0.3) is 0 Å². The lowest BCUT2D eigenvalue weighted by atomic mass is 11.3. The van der Waals surface area contributed by atoms with E-state index in [1.165, 1.54) is 0 Å². The van der Waals surface area contributed by atoms with E-state index in [0.29, 0.717) is 0 Å². The Hall–Kier alpha value is 0.134. The maximum Gasteiger partial charge on any atom is 0.197 e. The van der Waals surface area contributed by atoms with Crippen LogP contribution in [0.4, 0.5) is 0 Å². The van der Waals surface area contributed by atoms with Gasteiger partial charge in [0.1, 0.15) is 10.5 Å². The molecular weight excluding hydrogens is 156 g/mol. The Balaban J connectivity index is -0.0000000600. The summed E-state index contributed by atoms with van der Waals surface area (Å²) in [4.78, 5) is 0. The average molecular weight is 180 g/mol. The smallest absolute Gasteiger partial charge is 0.197 e. The summed E-state index contributed by atoms with van der Waals surface area (Å²) in [6.07, 6.45) is 0. The second-order valence-corrected chi connectivity index (χ2v) is 7.26. The maximum absolute atomic E-state index is 5.25. The van der Waals surface area contributed by atoms with Gasteiger partial charge in [-0.15, -0.1) is 6.58 Å². The fourth-order valence-electron chi connectivity index (χ4n) is 0.0833. The van der Waals surface area contributed by atoms with Gasteiger partial charge in [0.15, 0.2) is 8.32 Å². The van der Waals surface area contributed by atoms with Crippen molar-refractivity contribution in [1.82, 2.24) is 0 Å². The van der Waals surface area contributed by atoms with Gasteiger partial charge in [-0.1, -0.05) is 28.0 Å². The molecule has 0 spiro atoms. The molecule has 0 atom stereocenters. The van der Waals surface area contributed by atoms with Crippen molar-refractivity contribution in [3.05, 3.63) is 12.3 Å². The summed E-state index contributed by atoms with van der Waals surface area (Å²) >= 11 is 0. The molecule has 0 bridgehead atoms. The Kier molecular flexibility index (Phi) is 20.5. The molecule has 0 aromatic heterocycles. The highest BCUT2D eigenvalue weighted by molar-refractivity contribution is 6.78. The van der Waals surface area contributed by atoms with Crippen LogP contribution in [0.15, 0.2) is 12.3 Å². The van der Waals surface area contributed by atoms with Crippen LogP contribution in [-0.2, 0) is 4.12 Å². The summed E-state index contributed by atoms with van der Waals surface area (Å²) in [6, 6.07) is 0. The van der Waals surface area contributed by atoms with Crippen molar-refractivity contribution in [2.75, 3.05) is 0 Å². The van der Waals surface area contributed by atoms with Crippen molar-refractivity contribution in [2.45, 2.75) is 35.4 Å². The van der Waals surface area contributed by atoms with E-state index in [-0.39, 0.29) is 22.3 Å². The predicted molar refractivity (Wildman–Crippen MR) is 58.9 cm³/mol. The number of hydrogen-bond donors (Lipinski definition) is 0. The highest BCUT2D eigenvalue weighted by atomic mass is 28.4. The van der Waals surface area contributed by atoms with Crippen LogP contribution in [0, 0.1) is 0 Å². The van der Waals surface area contributed by atoms with Crippen LogP contribution in [0.1, 0.15) is 22.3 Å². The zero-order valence-electron chi connectivity index (χ0n) is 5.19. The lowest BCUT2D eigenvalue weighted by molar-refractivity contribution is 0.627. The quantitative estimate of drug-likeness (QED) is 0.592. The van der Waals surface area contributed by atoms with Gasteiger partial charge < -0.3 is 4.12 Å². The van der Waals surface area contributed by atoms with E-state index in [1.54, 1.807) is 0 Å². The second kappa shape index (κ2) is 9.13. The summed E-state index contributed by atoms with van der Waals surface area (Å²) in [5.74, 6) is 0. The molecule has 0 N–H and O–H groups in total. The molecule has 0 rings (SSSR count). The SMILES string of the molecule is C.C.C.C=C[Si](C)(C)O[SiH3]. The first kappa shape index (κ1) is 22.5. The minimum Gasteiger partial charge on any atom is -0.461 e. The third kappa shape index (κ3) is 11.0. The highest BCUT2D eigenvalue weighted by Crippen LogP contribution is 2.00. The first-order valence-corrected chi connectivity index (χ1v) is 6.11. The molecular formula is C7H24OSi2. The summed E-state index contributed by atoms with van der Waals surface area (Å²) in [7, 11) is -0.478. The van der Waals surface area contributed by atoms with Crippen LogP contribution < -0.4 is 0 Å². The monoisotopic (exact) mass is 180 g/mol. The van der Waals surface area contributed by atoms with Gasteiger partial charge in [0.2, 0.25) is 0 Å². The van der Waals surface area contributed by atoms with E-state index in [4.69, 9.17) is 4.12 Å². The van der Waals surface area contributed by atoms with E-state index in [1.807, 2.05) is 5.70 Å². The molecule has 0 radical (unpaired) electrons. The lowest BCUT2D eigenvalue weighted by Crippen LogP contribution is -2.25. The van der Waals surface area contributed by atoms with Crippen molar-refractivity contribution in [3.8, 4) is 0 Å². The summed E-state index contributed by atoms with van der Waals surface area (Å²) in [5.41, 5.74) is 1.94. The van der Waals surface area contributed by atoms with Crippen LogP contribution >= 0.6 is 0 Å². The summed E-state index contributed by atoms with van der Waals surface area (Å²) in [5, 5.41) is 0. The van der Waals surface area contributed by atoms with Crippen LogP contribution in [0.5, 0.6) is 0 Å². The van der Waals surface area contributed by atoms with Crippen LogP contribution in [0.2, 0.25) is 13.1 Å². The first-order chi connectivity index (χ1) is 3.12. The third-order valence-corrected chi connectivity index (χ3v) is 6.21. The van der Waals surface area contributed by atoms with Gasteiger partial charge in [-0.3, -0.25) is 0 Å². The van der Waals surface area contributed by atoms with Crippen molar-refractivity contribution < 1.29 is 4.12 Å². The van der Waals surface area contributed by atoms with E-state index in [9.17, 15) is 0 Å². The molecule has 0 amide bonds. The standard InChI is InChI=1S/C4H12OSi2.3CH4/c1-4-7(2,3)5-6;;;/h4H,1H2,2-3,6H3;3*1H4. The molecule has 0 aliphatic rings. The Bertz CT molecular complexity index is 72.0. The molecule has 66 valence electrons. The average Bonchev–Trinajstić information content (AvgIpc) is 1.68. The Morgan fingerprint density at radius 3 is 1.60 bits per heavy atom. The number of rotatable bonds is 2. The molecule has 0 heterocycles. The van der Waals surface area contributed by atoms with E-state index in [2.05, 4.69) is 19.7 Å². The molecule has 0 aliphatic carbocycles. The van der Waals surface area contributed by atoms with E-state index >= 15 is 0 Å². The van der Waals surface area contributed by atoms with Gasteiger partial charge in [0, 0.05) is 0 Å². The van der Waals surface area contributed by atoms with E-state index in [0.717, 1.165) is 10.5 Å². The Labute approximate surface area is 71.2 Å². The highest BCUT2D eigenvalue weighted by Gasteiger charge is 2.12. The molecule has 0 fully saturated rings. The maximum atomic E-state index is 5.25. The Morgan fingerprint density at radius 2 is 1.60 bits per heavy atom. The van der Waals surface area contributed by atoms with Crippen molar-refractivity contribution in [3.63, 3.8) is 0 Å². The van der Waals surface area contributed by atoms with Gasteiger partial charge in [-0.2, -0.15) is 0 Å². The summed E-state index contributed by atoms with van der Waals surface area (Å²) in [6.45, 7) is 7.93. The van der Waals surface area contributed by atoms with E-state index < -0.39 is 8.32 Å². The molecule has 0 aliphatic heterocycles. The third-order valence-electron chi connectivity index (χ3n) is 1.02. The molecule has 0 saturated carbocycles. The van der Waals surface area contributed by atoms with Gasteiger partial charge >= 0.3 is 0 Å². The Morgan fingerprint density at radius 1 is 1.30 bits per heavy atom.